The number of nitrogens with zero attached hydrogens (tertiary/aromatic N) is 1. The van der Waals surface area contributed by atoms with Crippen molar-refractivity contribution in [3.63, 3.8) is 0 Å². The van der Waals surface area contributed by atoms with Gasteiger partial charge in [0.05, 0.1) is 12.7 Å². The van der Waals surface area contributed by atoms with Crippen LogP contribution in [0.3, 0.4) is 0 Å². The number of nitrogens with one attached hydrogen (secondary N) is 2. The second-order valence-corrected chi connectivity index (χ2v) is 5.67. The van der Waals surface area contributed by atoms with Crippen LogP contribution in [-0.2, 0) is 9.47 Å². The van der Waals surface area contributed by atoms with Crippen molar-refractivity contribution in [2.75, 3.05) is 40.0 Å². The summed E-state index contributed by atoms with van der Waals surface area (Å²) in [5, 5.41) is 6.61. The predicted molar refractivity (Wildman–Crippen MR) is 98.6 cm³/mol. The van der Waals surface area contributed by atoms with E-state index in [1.807, 2.05) is 0 Å². The SMILES string of the molecule is CN=C(NCCCOCC1CCCO1)NCCC(C)C.I. The van der Waals surface area contributed by atoms with Crippen LogP contribution in [0.25, 0.3) is 0 Å². The molecule has 1 aliphatic rings. The highest BCUT2D eigenvalue weighted by Gasteiger charge is 2.14. The van der Waals surface area contributed by atoms with E-state index in [-0.39, 0.29) is 24.0 Å². The summed E-state index contributed by atoms with van der Waals surface area (Å²) in [5.41, 5.74) is 0. The standard InChI is InChI=1S/C15H31N3O2.HI/c1-13(2)7-9-18-15(16-3)17-8-5-10-19-12-14-6-4-11-20-14;/h13-14H,4-12H2,1-3H3,(H2,16,17,18);1H. The molecule has 1 heterocycles. The second-order valence-electron chi connectivity index (χ2n) is 5.67. The number of guanidine groups is 1. The molecule has 126 valence electrons. The largest absolute Gasteiger partial charge is 0.379 e. The van der Waals surface area contributed by atoms with E-state index in [1.165, 1.54) is 6.42 Å². The van der Waals surface area contributed by atoms with Crippen LogP contribution in [0.5, 0.6) is 0 Å². The smallest absolute Gasteiger partial charge is 0.190 e. The third-order valence-electron chi connectivity index (χ3n) is 3.32. The van der Waals surface area contributed by atoms with Crippen LogP contribution in [0.2, 0.25) is 0 Å². The summed E-state index contributed by atoms with van der Waals surface area (Å²) in [6.07, 6.45) is 4.79. The number of ether oxygens (including phenoxy) is 2. The van der Waals surface area contributed by atoms with Gasteiger partial charge in [-0.25, -0.2) is 0 Å². The molecule has 1 atom stereocenters. The monoisotopic (exact) mass is 413 g/mol. The van der Waals surface area contributed by atoms with Gasteiger partial charge in [-0.1, -0.05) is 13.8 Å². The molecule has 1 fully saturated rings. The van der Waals surface area contributed by atoms with Gasteiger partial charge in [-0.2, -0.15) is 0 Å². The van der Waals surface area contributed by atoms with E-state index >= 15 is 0 Å². The molecule has 5 nitrogen and oxygen atoms in total. The van der Waals surface area contributed by atoms with E-state index in [0.717, 1.165) is 58.1 Å². The number of aliphatic imine (C=N–C) groups is 1. The van der Waals surface area contributed by atoms with E-state index in [0.29, 0.717) is 12.0 Å². The Bertz CT molecular complexity index is 270. The lowest BCUT2D eigenvalue weighted by atomic mass is 10.1. The molecule has 21 heavy (non-hydrogen) atoms. The minimum atomic E-state index is 0. The summed E-state index contributed by atoms with van der Waals surface area (Å²) in [7, 11) is 1.80. The van der Waals surface area contributed by atoms with E-state index in [4.69, 9.17) is 9.47 Å². The molecule has 0 amide bonds. The molecule has 6 heteroatoms. The molecule has 2 N–H and O–H groups in total. The predicted octanol–water partition coefficient (Wildman–Crippen LogP) is 2.40. The Kier molecular flexibility index (Phi) is 13.5. The average molecular weight is 413 g/mol. The molecule has 0 spiro atoms. The molecule has 1 rings (SSSR count). The van der Waals surface area contributed by atoms with Gasteiger partial charge in [0.1, 0.15) is 0 Å². The van der Waals surface area contributed by atoms with Crippen molar-refractivity contribution in [3.8, 4) is 0 Å². The Balaban J connectivity index is 0.00000400. The summed E-state index contributed by atoms with van der Waals surface area (Å²) < 4.78 is 11.1. The minimum absolute atomic E-state index is 0. The molecular formula is C15H32IN3O2. The van der Waals surface area contributed by atoms with Gasteiger partial charge in [0.15, 0.2) is 5.96 Å². The first-order chi connectivity index (χ1) is 9.72. The zero-order valence-electron chi connectivity index (χ0n) is 13.7. The lowest BCUT2D eigenvalue weighted by Gasteiger charge is -2.13. The third-order valence-corrected chi connectivity index (χ3v) is 3.32. The zero-order valence-corrected chi connectivity index (χ0v) is 16.0. The molecule has 0 bridgehead atoms. The summed E-state index contributed by atoms with van der Waals surface area (Å²) in [4.78, 5) is 4.20. The first-order valence-corrected chi connectivity index (χ1v) is 7.86. The van der Waals surface area contributed by atoms with Crippen molar-refractivity contribution in [2.24, 2.45) is 10.9 Å². The van der Waals surface area contributed by atoms with Crippen LogP contribution in [0.1, 0.15) is 39.5 Å². The van der Waals surface area contributed by atoms with Gasteiger partial charge >= 0.3 is 0 Å². The molecule has 0 aromatic carbocycles. The topological polar surface area (TPSA) is 54.9 Å². The van der Waals surface area contributed by atoms with Crippen molar-refractivity contribution >= 4 is 29.9 Å². The highest BCUT2D eigenvalue weighted by molar-refractivity contribution is 14.0. The molecular weight excluding hydrogens is 381 g/mol. The fourth-order valence-electron chi connectivity index (χ4n) is 2.07. The van der Waals surface area contributed by atoms with Gasteiger partial charge in [-0.15, -0.1) is 24.0 Å². The zero-order chi connectivity index (χ0) is 14.6. The number of rotatable bonds is 9. The molecule has 0 radical (unpaired) electrons. The third kappa shape index (κ3) is 11.2. The van der Waals surface area contributed by atoms with Crippen LogP contribution in [-0.4, -0.2) is 52.0 Å². The van der Waals surface area contributed by atoms with E-state index in [9.17, 15) is 0 Å². The number of hydrogen-bond donors (Lipinski definition) is 2. The van der Waals surface area contributed by atoms with E-state index < -0.39 is 0 Å². The summed E-state index contributed by atoms with van der Waals surface area (Å²) in [6.45, 7) is 8.71. The van der Waals surface area contributed by atoms with Crippen LogP contribution >= 0.6 is 24.0 Å². The lowest BCUT2D eigenvalue weighted by Crippen LogP contribution is -2.38. The highest BCUT2D eigenvalue weighted by Crippen LogP contribution is 2.11. The van der Waals surface area contributed by atoms with Gasteiger partial charge in [0.25, 0.3) is 0 Å². The van der Waals surface area contributed by atoms with Crippen molar-refractivity contribution in [1.82, 2.24) is 10.6 Å². The van der Waals surface area contributed by atoms with Crippen LogP contribution in [0, 0.1) is 5.92 Å². The molecule has 1 saturated heterocycles. The Morgan fingerprint density at radius 1 is 1.33 bits per heavy atom. The van der Waals surface area contributed by atoms with Crippen molar-refractivity contribution in [3.05, 3.63) is 0 Å². The summed E-state index contributed by atoms with van der Waals surface area (Å²) >= 11 is 0. The number of halogens is 1. The van der Waals surface area contributed by atoms with Crippen molar-refractivity contribution < 1.29 is 9.47 Å². The highest BCUT2D eigenvalue weighted by atomic mass is 127. The molecule has 0 aliphatic carbocycles. The fraction of sp³-hybridized carbons (Fsp3) is 0.933. The van der Waals surface area contributed by atoms with Gasteiger partial charge in [0, 0.05) is 33.4 Å². The number of hydrogen-bond acceptors (Lipinski definition) is 3. The Morgan fingerprint density at radius 3 is 2.71 bits per heavy atom. The molecule has 0 aromatic heterocycles. The maximum Gasteiger partial charge on any atom is 0.190 e. The maximum atomic E-state index is 5.62. The van der Waals surface area contributed by atoms with Crippen LogP contribution in [0.15, 0.2) is 4.99 Å². The fourth-order valence-corrected chi connectivity index (χ4v) is 2.07. The van der Waals surface area contributed by atoms with Gasteiger partial charge in [-0.05, 0) is 31.6 Å². The Morgan fingerprint density at radius 2 is 2.10 bits per heavy atom. The normalized spacial score (nSPS) is 18.7. The first kappa shape index (κ1) is 20.9. The molecule has 0 aromatic rings. The minimum Gasteiger partial charge on any atom is -0.379 e. The maximum absolute atomic E-state index is 5.62. The Labute approximate surface area is 146 Å². The average Bonchev–Trinajstić information content (AvgIpc) is 2.93. The van der Waals surface area contributed by atoms with E-state index in [2.05, 4.69) is 29.5 Å². The van der Waals surface area contributed by atoms with Crippen molar-refractivity contribution in [1.29, 1.82) is 0 Å². The second kappa shape index (κ2) is 13.6. The summed E-state index contributed by atoms with van der Waals surface area (Å²) in [5.74, 6) is 1.59. The molecule has 0 saturated carbocycles. The van der Waals surface area contributed by atoms with Gasteiger partial charge in [-0.3, -0.25) is 4.99 Å². The van der Waals surface area contributed by atoms with Crippen LogP contribution in [0.4, 0.5) is 0 Å². The van der Waals surface area contributed by atoms with Gasteiger partial charge in [0.2, 0.25) is 0 Å². The van der Waals surface area contributed by atoms with Crippen LogP contribution < -0.4 is 10.6 Å². The first-order valence-electron chi connectivity index (χ1n) is 7.86. The lowest BCUT2D eigenvalue weighted by molar-refractivity contribution is 0.0168. The summed E-state index contributed by atoms with van der Waals surface area (Å²) in [6, 6.07) is 0. The Hall–Kier alpha value is -0.0800. The van der Waals surface area contributed by atoms with E-state index in [1.54, 1.807) is 7.05 Å². The molecule has 1 unspecified atom stereocenters. The quantitative estimate of drug-likeness (QED) is 0.264. The van der Waals surface area contributed by atoms with Crippen molar-refractivity contribution in [2.45, 2.75) is 45.6 Å². The molecule has 1 aliphatic heterocycles. The van der Waals surface area contributed by atoms with Gasteiger partial charge < -0.3 is 20.1 Å².